The lowest BCUT2D eigenvalue weighted by atomic mass is 10.2. The van der Waals surface area contributed by atoms with Crippen molar-refractivity contribution in [2.45, 2.75) is 6.54 Å². The first-order chi connectivity index (χ1) is 7.74. The topological polar surface area (TPSA) is 90.6 Å². The van der Waals surface area contributed by atoms with Crippen LogP contribution in [0.5, 0.6) is 0 Å². The van der Waals surface area contributed by atoms with Gasteiger partial charge in [0.25, 0.3) is 0 Å². The number of H-pyrrole nitrogens is 2. The number of nitrogens with zero attached hydrogens (tertiary/aromatic N) is 1. The summed E-state index contributed by atoms with van der Waals surface area (Å²) < 4.78 is 0. The Morgan fingerprint density at radius 1 is 1.12 bits per heavy atom. The molecule has 6 nitrogen and oxygen atoms in total. The SMILES string of the molecule is O=c1nc(NCc2ccccc2)[nH]c(=O)[nH]1. The number of aromatic nitrogens is 3. The summed E-state index contributed by atoms with van der Waals surface area (Å²) in [5.41, 5.74) is -0.208. The lowest BCUT2D eigenvalue weighted by molar-refractivity contribution is 0.918. The minimum absolute atomic E-state index is 0.164. The maximum atomic E-state index is 10.9. The number of hydrogen-bond acceptors (Lipinski definition) is 4. The molecular formula is C10H10N4O2. The third kappa shape index (κ3) is 2.57. The Labute approximate surface area is 90.4 Å². The third-order valence-electron chi connectivity index (χ3n) is 1.97. The van der Waals surface area contributed by atoms with Gasteiger partial charge in [-0.25, -0.2) is 9.59 Å². The molecule has 0 saturated heterocycles. The van der Waals surface area contributed by atoms with Crippen LogP contribution in [-0.2, 0) is 6.54 Å². The Morgan fingerprint density at radius 3 is 2.56 bits per heavy atom. The maximum Gasteiger partial charge on any atom is 0.352 e. The van der Waals surface area contributed by atoms with Crippen LogP contribution in [0.4, 0.5) is 5.95 Å². The molecule has 3 N–H and O–H groups in total. The van der Waals surface area contributed by atoms with Crippen molar-refractivity contribution >= 4 is 5.95 Å². The van der Waals surface area contributed by atoms with Crippen molar-refractivity contribution in [3.05, 3.63) is 56.9 Å². The summed E-state index contributed by atoms with van der Waals surface area (Å²) in [4.78, 5) is 29.8. The largest absolute Gasteiger partial charge is 0.352 e. The first-order valence-electron chi connectivity index (χ1n) is 4.72. The molecule has 0 aliphatic heterocycles. The number of aromatic amines is 2. The Bertz CT molecular complexity index is 545. The van der Waals surface area contributed by atoms with E-state index < -0.39 is 11.4 Å². The first kappa shape index (κ1) is 10.2. The summed E-state index contributed by atoms with van der Waals surface area (Å²) in [6.45, 7) is 0.493. The van der Waals surface area contributed by atoms with Gasteiger partial charge in [-0.05, 0) is 5.56 Å². The molecule has 0 spiro atoms. The van der Waals surface area contributed by atoms with Crippen molar-refractivity contribution in [2.75, 3.05) is 5.32 Å². The highest BCUT2D eigenvalue weighted by molar-refractivity contribution is 5.25. The van der Waals surface area contributed by atoms with E-state index >= 15 is 0 Å². The van der Waals surface area contributed by atoms with Crippen LogP contribution < -0.4 is 16.7 Å². The molecule has 0 bridgehead atoms. The molecule has 0 fully saturated rings. The summed E-state index contributed by atoms with van der Waals surface area (Å²) in [6.07, 6.45) is 0. The molecule has 1 aromatic carbocycles. The van der Waals surface area contributed by atoms with Crippen LogP contribution in [-0.4, -0.2) is 15.0 Å². The molecular weight excluding hydrogens is 208 g/mol. The Kier molecular flexibility index (Phi) is 2.81. The van der Waals surface area contributed by atoms with Gasteiger partial charge in [-0.3, -0.25) is 9.97 Å². The van der Waals surface area contributed by atoms with Crippen LogP contribution in [0, 0.1) is 0 Å². The average molecular weight is 218 g/mol. The maximum absolute atomic E-state index is 10.9. The fraction of sp³-hybridized carbons (Fsp3) is 0.100. The number of rotatable bonds is 3. The van der Waals surface area contributed by atoms with Crippen LogP contribution in [0.25, 0.3) is 0 Å². The van der Waals surface area contributed by atoms with E-state index in [1.165, 1.54) is 0 Å². The number of anilines is 1. The van der Waals surface area contributed by atoms with Gasteiger partial charge in [0.15, 0.2) is 0 Å². The molecule has 1 aromatic heterocycles. The first-order valence-corrected chi connectivity index (χ1v) is 4.72. The van der Waals surface area contributed by atoms with Gasteiger partial charge >= 0.3 is 11.4 Å². The summed E-state index contributed by atoms with van der Waals surface area (Å²) >= 11 is 0. The van der Waals surface area contributed by atoms with Gasteiger partial charge < -0.3 is 5.32 Å². The third-order valence-corrected chi connectivity index (χ3v) is 1.97. The number of nitrogens with one attached hydrogen (secondary N) is 3. The van der Waals surface area contributed by atoms with Gasteiger partial charge in [0.1, 0.15) is 0 Å². The summed E-state index contributed by atoms with van der Waals surface area (Å²) in [6, 6.07) is 9.59. The normalized spacial score (nSPS) is 10.0. The van der Waals surface area contributed by atoms with Gasteiger partial charge in [-0.15, -0.1) is 0 Å². The predicted octanol–water partition coefficient (Wildman–Crippen LogP) is 0.0703. The molecule has 0 aliphatic rings. The highest BCUT2D eigenvalue weighted by Crippen LogP contribution is 2.00. The van der Waals surface area contributed by atoms with E-state index in [4.69, 9.17) is 0 Å². The van der Waals surface area contributed by atoms with Gasteiger partial charge in [0, 0.05) is 6.54 Å². The standard InChI is InChI=1S/C10H10N4O2/c15-9-12-8(13-10(16)14-9)11-6-7-4-2-1-3-5-7/h1-5H,6H2,(H3,11,12,13,14,15,16). The highest BCUT2D eigenvalue weighted by atomic mass is 16.2. The highest BCUT2D eigenvalue weighted by Gasteiger charge is 1.97. The van der Waals surface area contributed by atoms with Crippen molar-refractivity contribution in [3.8, 4) is 0 Å². The Balaban J connectivity index is 2.11. The molecule has 0 atom stereocenters. The second-order valence-corrected chi connectivity index (χ2v) is 3.18. The van der Waals surface area contributed by atoms with E-state index in [1.807, 2.05) is 35.3 Å². The van der Waals surface area contributed by atoms with E-state index in [9.17, 15) is 9.59 Å². The van der Waals surface area contributed by atoms with E-state index in [0.717, 1.165) is 5.56 Å². The van der Waals surface area contributed by atoms with Crippen LogP contribution in [0.1, 0.15) is 5.56 Å². The van der Waals surface area contributed by atoms with Crippen molar-refractivity contribution in [1.29, 1.82) is 0 Å². The molecule has 0 aliphatic carbocycles. The van der Waals surface area contributed by atoms with Gasteiger partial charge in [0.2, 0.25) is 5.95 Å². The zero-order chi connectivity index (χ0) is 11.4. The molecule has 16 heavy (non-hydrogen) atoms. The molecule has 1 heterocycles. The average Bonchev–Trinajstić information content (AvgIpc) is 2.27. The van der Waals surface area contributed by atoms with Crippen molar-refractivity contribution < 1.29 is 0 Å². The van der Waals surface area contributed by atoms with Crippen LogP contribution in [0.15, 0.2) is 39.9 Å². The monoisotopic (exact) mass is 218 g/mol. The lowest BCUT2D eigenvalue weighted by Gasteiger charge is -2.03. The van der Waals surface area contributed by atoms with Gasteiger partial charge in [0.05, 0.1) is 0 Å². The summed E-state index contributed by atoms with van der Waals surface area (Å²) in [5, 5.41) is 2.86. The molecule has 0 unspecified atom stereocenters. The second kappa shape index (κ2) is 4.43. The zero-order valence-corrected chi connectivity index (χ0v) is 8.36. The van der Waals surface area contributed by atoms with Crippen LogP contribution in [0.3, 0.4) is 0 Å². The summed E-state index contributed by atoms with van der Waals surface area (Å²) in [7, 11) is 0. The fourth-order valence-corrected chi connectivity index (χ4v) is 1.26. The zero-order valence-electron chi connectivity index (χ0n) is 8.36. The lowest BCUT2D eigenvalue weighted by Crippen LogP contribution is -2.26. The molecule has 2 aromatic rings. The van der Waals surface area contributed by atoms with Gasteiger partial charge in [-0.2, -0.15) is 4.98 Å². The molecule has 0 radical (unpaired) electrons. The van der Waals surface area contributed by atoms with Crippen molar-refractivity contribution in [3.63, 3.8) is 0 Å². The Hall–Kier alpha value is -2.37. The van der Waals surface area contributed by atoms with Crippen LogP contribution in [0.2, 0.25) is 0 Å². The molecule has 0 saturated carbocycles. The molecule has 2 rings (SSSR count). The molecule has 82 valence electrons. The van der Waals surface area contributed by atoms with Crippen molar-refractivity contribution in [2.24, 2.45) is 0 Å². The molecule has 0 amide bonds. The second-order valence-electron chi connectivity index (χ2n) is 3.18. The minimum atomic E-state index is -0.667. The van der Waals surface area contributed by atoms with Crippen molar-refractivity contribution in [1.82, 2.24) is 15.0 Å². The number of hydrogen-bond donors (Lipinski definition) is 3. The molecule has 6 heteroatoms. The fourth-order valence-electron chi connectivity index (χ4n) is 1.26. The quantitative estimate of drug-likeness (QED) is 0.680. The smallest absolute Gasteiger partial charge is 0.351 e. The predicted molar refractivity (Wildman–Crippen MR) is 59.2 cm³/mol. The Morgan fingerprint density at radius 2 is 1.88 bits per heavy atom. The summed E-state index contributed by atoms with van der Waals surface area (Å²) in [5.74, 6) is 0.164. The minimum Gasteiger partial charge on any atom is -0.351 e. The van der Waals surface area contributed by atoms with E-state index in [1.54, 1.807) is 0 Å². The van der Waals surface area contributed by atoms with E-state index in [-0.39, 0.29) is 5.95 Å². The van der Waals surface area contributed by atoms with E-state index in [2.05, 4.69) is 15.3 Å². The van der Waals surface area contributed by atoms with E-state index in [0.29, 0.717) is 6.54 Å². The van der Waals surface area contributed by atoms with Crippen LogP contribution >= 0.6 is 0 Å². The number of benzene rings is 1. The van der Waals surface area contributed by atoms with Gasteiger partial charge in [-0.1, -0.05) is 30.3 Å².